The molecule has 192 valence electrons. The largest absolute Gasteiger partial charge is 0.480 e. The Bertz CT molecular complexity index is 1250. The molecule has 4 rings (SSSR count). The lowest BCUT2D eigenvalue weighted by Crippen LogP contribution is -2.43. The number of carbonyl (C=O) groups excluding carboxylic acids is 1. The van der Waals surface area contributed by atoms with Crippen molar-refractivity contribution in [2.45, 2.75) is 11.8 Å². The van der Waals surface area contributed by atoms with Crippen LogP contribution in [0.5, 0.6) is 17.5 Å². The number of aromatic nitrogens is 3. The lowest BCUT2D eigenvalue weighted by molar-refractivity contribution is -0.138. The maximum Gasteiger partial charge on any atom is 0.416 e. The van der Waals surface area contributed by atoms with Gasteiger partial charge in [-0.05, 0) is 18.2 Å². The molecule has 0 saturated carbocycles. The van der Waals surface area contributed by atoms with Crippen molar-refractivity contribution in [2.24, 2.45) is 0 Å². The van der Waals surface area contributed by atoms with Crippen molar-refractivity contribution in [1.82, 2.24) is 15.0 Å². The van der Waals surface area contributed by atoms with Gasteiger partial charge in [-0.3, -0.25) is 10.1 Å². The molecule has 0 fully saturated rings. The summed E-state index contributed by atoms with van der Waals surface area (Å²) in [6.07, 6.45) is -3.38. The van der Waals surface area contributed by atoms with Gasteiger partial charge in [0.15, 0.2) is 16.3 Å². The number of nitrogens with zero attached hydrogens (tertiary/aromatic N) is 3. The van der Waals surface area contributed by atoms with E-state index in [9.17, 15) is 18.0 Å². The smallest absolute Gasteiger partial charge is 0.416 e. The van der Waals surface area contributed by atoms with E-state index in [2.05, 4.69) is 20.3 Å². The van der Waals surface area contributed by atoms with Crippen LogP contribution in [0.1, 0.15) is 20.8 Å². The maximum absolute atomic E-state index is 13.4. The topological polar surface area (TPSA) is 114 Å². The van der Waals surface area contributed by atoms with Gasteiger partial charge in [0.2, 0.25) is 11.8 Å². The van der Waals surface area contributed by atoms with Gasteiger partial charge in [-0.15, -0.1) is 0 Å². The Morgan fingerprint density at radius 3 is 2.28 bits per heavy atom. The molecule has 1 aliphatic rings. The van der Waals surface area contributed by atoms with E-state index < -0.39 is 23.2 Å². The fourth-order valence-electron chi connectivity index (χ4n) is 3.82. The second-order valence-corrected chi connectivity index (χ2v) is 8.59. The number of ether oxygens (including phenoxy) is 5. The fourth-order valence-corrected chi connectivity index (χ4v) is 4.89. The summed E-state index contributed by atoms with van der Waals surface area (Å²) < 4.78 is 67.2. The Balaban J connectivity index is 1.81. The third-order valence-corrected chi connectivity index (χ3v) is 6.43. The molecule has 14 heteroatoms. The normalized spacial score (nSPS) is 13.9. The molecule has 36 heavy (non-hydrogen) atoms. The predicted molar refractivity (Wildman–Crippen MR) is 122 cm³/mol. The van der Waals surface area contributed by atoms with Crippen LogP contribution in [0.2, 0.25) is 0 Å². The first-order valence-corrected chi connectivity index (χ1v) is 11.1. The highest BCUT2D eigenvalue weighted by Gasteiger charge is 2.45. The summed E-state index contributed by atoms with van der Waals surface area (Å²) in [4.78, 5) is 26.0. The highest BCUT2D eigenvalue weighted by molar-refractivity contribution is 7.16. The number of amides is 1. The molecular formula is C22H21F3N4O6S. The van der Waals surface area contributed by atoms with E-state index in [1.165, 1.54) is 40.8 Å². The fraction of sp³-hybridized carbons (Fsp3) is 0.364. The van der Waals surface area contributed by atoms with Gasteiger partial charge in [0.1, 0.15) is 12.1 Å². The number of carbonyl (C=O) groups is 1. The van der Waals surface area contributed by atoms with Gasteiger partial charge < -0.3 is 23.7 Å². The lowest BCUT2D eigenvalue weighted by atomic mass is 9.94. The van der Waals surface area contributed by atoms with Gasteiger partial charge in [0.25, 0.3) is 5.91 Å². The van der Waals surface area contributed by atoms with Crippen molar-refractivity contribution in [3.63, 3.8) is 0 Å². The van der Waals surface area contributed by atoms with E-state index in [0.717, 1.165) is 23.5 Å². The van der Waals surface area contributed by atoms with Crippen molar-refractivity contribution in [3.8, 4) is 28.8 Å². The quantitative estimate of drug-likeness (QED) is 0.469. The first-order valence-electron chi connectivity index (χ1n) is 10.3. The summed E-state index contributed by atoms with van der Waals surface area (Å²) in [5.41, 5.74) is -1.57. The molecule has 0 saturated heterocycles. The molecule has 1 aromatic carbocycles. The number of methoxy groups -OCH3 is 4. The van der Waals surface area contributed by atoms with Crippen molar-refractivity contribution >= 4 is 22.4 Å². The van der Waals surface area contributed by atoms with Crippen molar-refractivity contribution in [1.29, 1.82) is 0 Å². The molecule has 0 atom stereocenters. The van der Waals surface area contributed by atoms with Crippen LogP contribution in [0.3, 0.4) is 0 Å². The van der Waals surface area contributed by atoms with Gasteiger partial charge in [-0.1, -0.05) is 11.3 Å². The molecule has 10 nitrogen and oxygen atoms in total. The van der Waals surface area contributed by atoms with E-state index in [0.29, 0.717) is 16.1 Å². The maximum atomic E-state index is 13.4. The molecule has 3 heterocycles. The number of thiazole rings is 1. The molecule has 0 unspecified atom stereocenters. The Hall–Kier alpha value is -3.49. The van der Waals surface area contributed by atoms with Crippen LogP contribution >= 0.6 is 11.3 Å². The van der Waals surface area contributed by atoms with Crippen LogP contribution in [0.4, 0.5) is 18.3 Å². The van der Waals surface area contributed by atoms with Crippen LogP contribution in [0, 0.1) is 0 Å². The minimum atomic E-state index is -4.57. The first kappa shape index (κ1) is 25.6. The molecule has 1 aliphatic heterocycles. The van der Waals surface area contributed by atoms with Crippen molar-refractivity contribution in [3.05, 3.63) is 40.5 Å². The third-order valence-electron chi connectivity index (χ3n) is 5.28. The molecule has 1 amide bonds. The summed E-state index contributed by atoms with van der Waals surface area (Å²) in [6, 6.07) is 3.14. The second kappa shape index (κ2) is 9.87. The number of anilines is 1. The van der Waals surface area contributed by atoms with Crippen LogP contribution < -0.4 is 19.5 Å². The minimum absolute atomic E-state index is 0.0119. The van der Waals surface area contributed by atoms with E-state index in [1.807, 2.05) is 0 Å². The van der Waals surface area contributed by atoms with Gasteiger partial charge >= 0.3 is 6.18 Å². The zero-order chi connectivity index (χ0) is 26.1. The number of halogens is 3. The average Bonchev–Trinajstić information content (AvgIpc) is 3.27. The Labute approximate surface area is 207 Å². The summed E-state index contributed by atoms with van der Waals surface area (Å²) in [5.74, 6) is -0.716. The minimum Gasteiger partial charge on any atom is -0.480 e. The highest BCUT2D eigenvalue weighted by Crippen LogP contribution is 2.50. The molecule has 0 radical (unpaired) electrons. The standard InChI is InChI=1S/C22H21F3N4O6S/c1-31-8-21(9-32-2)16-15(12-6-5-11(22(23,24)25)7-13(12)35-21)28-20(36-16)29-17(30)14-18(33-3)26-10-27-19(14)34-4/h5-7,10H,8-9H2,1-4H3,(H,28,29,30). The number of benzene rings is 1. The number of nitrogens with one attached hydrogen (secondary N) is 1. The van der Waals surface area contributed by atoms with E-state index in [1.54, 1.807) is 0 Å². The molecule has 0 bridgehead atoms. The van der Waals surface area contributed by atoms with Gasteiger partial charge in [0.05, 0.1) is 43.6 Å². The zero-order valence-electron chi connectivity index (χ0n) is 19.6. The predicted octanol–water partition coefficient (Wildman–Crippen LogP) is 3.77. The molecule has 0 spiro atoms. The van der Waals surface area contributed by atoms with Crippen LogP contribution in [0.25, 0.3) is 11.3 Å². The molecule has 1 N–H and O–H groups in total. The monoisotopic (exact) mass is 526 g/mol. The van der Waals surface area contributed by atoms with E-state index >= 15 is 0 Å². The number of rotatable bonds is 8. The van der Waals surface area contributed by atoms with Gasteiger partial charge in [-0.2, -0.15) is 13.2 Å². The molecular weight excluding hydrogens is 505 g/mol. The molecule has 2 aromatic heterocycles. The van der Waals surface area contributed by atoms with Gasteiger partial charge in [-0.25, -0.2) is 15.0 Å². The number of fused-ring (bicyclic) bond motifs is 3. The lowest BCUT2D eigenvalue weighted by Gasteiger charge is -2.37. The van der Waals surface area contributed by atoms with Crippen LogP contribution in [-0.4, -0.2) is 62.5 Å². The summed E-state index contributed by atoms with van der Waals surface area (Å²) in [5, 5.41) is 2.81. The highest BCUT2D eigenvalue weighted by atomic mass is 32.1. The van der Waals surface area contributed by atoms with Crippen LogP contribution in [-0.2, 0) is 21.3 Å². The summed E-state index contributed by atoms with van der Waals surface area (Å²) in [7, 11) is 5.54. The second-order valence-electron chi connectivity index (χ2n) is 7.59. The Morgan fingerprint density at radius 2 is 1.72 bits per heavy atom. The molecule has 0 aliphatic carbocycles. The molecule has 3 aromatic rings. The van der Waals surface area contributed by atoms with Crippen molar-refractivity contribution < 1.29 is 41.7 Å². The SMILES string of the molecule is COCC1(COC)Oc2cc(C(F)(F)F)ccc2-c2nc(NC(=O)c3c(OC)ncnc3OC)sc21. The number of hydrogen-bond donors (Lipinski definition) is 1. The average molecular weight is 526 g/mol. The van der Waals surface area contributed by atoms with E-state index in [-0.39, 0.29) is 41.4 Å². The Kier molecular flexibility index (Phi) is 7.02. The summed E-state index contributed by atoms with van der Waals surface area (Å²) in [6.45, 7) is -0.0967. The van der Waals surface area contributed by atoms with Crippen molar-refractivity contribution in [2.75, 3.05) is 47.0 Å². The Morgan fingerprint density at radius 1 is 1.08 bits per heavy atom. The third kappa shape index (κ3) is 4.54. The first-order chi connectivity index (χ1) is 17.2. The van der Waals surface area contributed by atoms with E-state index in [4.69, 9.17) is 23.7 Å². The number of hydrogen-bond acceptors (Lipinski definition) is 10. The zero-order valence-corrected chi connectivity index (χ0v) is 20.4. The summed E-state index contributed by atoms with van der Waals surface area (Å²) >= 11 is 1.07. The van der Waals surface area contributed by atoms with Gasteiger partial charge in [0, 0.05) is 19.8 Å². The van der Waals surface area contributed by atoms with Crippen LogP contribution in [0.15, 0.2) is 24.5 Å². The number of alkyl halides is 3.